The summed E-state index contributed by atoms with van der Waals surface area (Å²) >= 11 is 0. The van der Waals surface area contributed by atoms with Crippen LogP contribution in [0, 0.1) is 0 Å². The van der Waals surface area contributed by atoms with E-state index in [2.05, 4.69) is 19.4 Å². The van der Waals surface area contributed by atoms with Gasteiger partial charge < -0.3 is 9.26 Å². The van der Waals surface area contributed by atoms with Crippen molar-refractivity contribution in [3.63, 3.8) is 0 Å². The van der Waals surface area contributed by atoms with Gasteiger partial charge in [-0.3, -0.25) is 0 Å². The minimum absolute atomic E-state index is 0.169. The van der Waals surface area contributed by atoms with Gasteiger partial charge in [-0.15, -0.1) is 0 Å². The predicted molar refractivity (Wildman–Crippen MR) is 47.2 cm³/mol. The van der Waals surface area contributed by atoms with Gasteiger partial charge in [-0.2, -0.15) is 4.98 Å². The Balaban J connectivity index is 2.17. The smallest absolute Gasteiger partial charge is 0.379 e. The molecule has 1 heterocycles. The molecule has 1 aromatic rings. The fourth-order valence-corrected chi connectivity index (χ4v) is 1.36. The van der Waals surface area contributed by atoms with E-state index in [1.54, 1.807) is 6.92 Å². The Morgan fingerprint density at radius 2 is 2.31 bits per heavy atom. The first-order chi connectivity index (χ1) is 7.60. The highest BCUT2D eigenvalue weighted by molar-refractivity contribution is 5.84. The molecule has 2 rings (SSSR count). The lowest BCUT2D eigenvalue weighted by Crippen LogP contribution is -2.18. The second-order valence-corrected chi connectivity index (χ2v) is 3.60. The molecule has 0 N–H and O–H groups in total. The SMILES string of the molecule is CCOC(=O)c1noc(C2(C(F)F)CC2)n1. The van der Waals surface area contributed by atoms with Crippen LogP contribution in [0.15, 0.2) is 4.52 Å². The van der Waals surface area contributed by atoms with Crippen LogP contribution in [-0.2, 0) is 10.2 Å². The maximum Gasteiger partial charge on any atom is 0.379 e. The number of aromatic nitrogens is 2. The molecule has 7 heteroatoms. The number of carbonyl (C=O) groups is 1. The molecule has 1 aromatic heterocycles. The van der Waals surface area contributed by atoms with Crippen molar-refractivity contribution in [1.82, 2.24) is 10.1 Å². The maximum absolute atomic E-state index is 12.7. The van der Waals surface area contributed by atoms with Crippen LogP contribution < -0.4 is 0 Å². The Morgan fingerprint density at radius 3 is 2.81 bits per heavy atom. The molecule has 88 valence electrons. The van der Waals surface area contributed by atoms with Gasteiger partial charge in [0.05, 0.1) is 6.61 Å². The first-order valence-electron chi connectivity index (χ1n) is 4.89. The molecule has 0 aromatic carbocycles. The van der Waals surface area contributed by atoms with Gasteiger partial charge in [0.2, 0.25) is 5.89 Å². The summed E-state index contributed by atoms with van der Waals surface area (Å²) < 4.78 is 34.7. The quantitative estimate of drug-likeness (QED) is 0.737. The van der Waals surface area contributed by atoms with Gasteiger partial charge >= 0.3 is 5.97 Å². The average molecular weight is 232 g/mol. The maximum atomic E-state index is 12.7. The number of esters is 1. The van der Waals surface area contributed by atoms with E-state index in [0.29, 0.717) is 12.8 Å². The van der Waals surface area contributed by atoms with Gasteiger partial charge in [-0.25, -0.2) is 13.6 Å². The lowest BCUT2D eigenvalue weighted by Gasteiger charge is -2.06. The molecule has 5 nitrogen and oxygen atoms in total. The Bertz CT molecular complexity index is 401. The highest BCUT2D eigenvalue weighted by Gasteiger charge is 2.57. The standard InChI is InChI=1S/C9H10F2N2O3/c1-2-15-6(14)5-12-8(16-13-5)9(3-4-9)7(10)11/h7H,2-4H2,1H3. The van der Waals surface area contributed by atoms with E-state index in [1.165, 1.54) is 0 Å². The van der Waals surface area contributed by atoms with E-state index in [-0.39, 0.29) is 18.3 Å². The molecule has 0 unspecified atom stereocenters. The number of halogens is 2. The zero-order valence-electron chi connectivity index (χ0n) is 8.57. The summed E-state index contributed by atoms with van der Waals surface area (Å²) in [4.78, 5) is 14.8. The summed E-state index contributed by atoms with van der Waals surface area (Å²) in [7, 11) is 0. The second kappa shape index (κ2) is 3.80. The zero-order chi connectivity index (χ0) is 11.8. The summed E-state index contributed by atoms with van der Waals surface area (Å²) in [6.45, 7) is 1.79. The van der Waals surface area contributed by atoms with E-state index in [1.807, 2.05) is 0 Å². The molecular weight excluding hydrogens is 222 g/mol. The molecule has 1 saturated carbocycles. The average Bonchev–Trinajstić information content (AvgIpc) is 2.91. The first-order valence-corrected chi connectivity index (χ1v) is 4.89. The van der Waals surface area contributed by atoms with Crippen molar-refractivity contribution in [2.24, 2.45) is 0 Å². The fourth-order valence-electron chi connectivity index (χ4n) is 1.36. The number of hydrogen-bond donors (Lipinski definition) is 0. The molecule has 0 spiro atoms. The van der Waals surface area contributed by atoms with Crippen molar-refractivity contribution in [3.05, 3.63) is 11.7 Å². The third-order valence-corrected chi connectivity index (χ3v) is 2.52. The van der Waals surface area contributed by atoms with Crippen LogP contribution in [0.25, 0.3) is 0 Å². The Kier molecular flexibility index (Phi) is 2.61. The molecule has 0 amide bonds. The largest absolute Gasteiger partial charge is 0.460 e. The lowest BCUT2D eigenvalue weighted by molar-refractivity contribution is 0.0508. The minimum atomic E-state index is -2.55. The molecule has 1 fully saturated rings. The van der Waals surface area contributed by atoms with Gasteiger partial charge in [-0.1, -0.05) is 0 Å². The van der Waals surface area contributed by atoms with Crippen LogP contribution in [0.4, 0.5) is 8.78 Å². The van der Waals surface area contributed by atoms with Crippen molar-refractivity contribution in [2.75, 3.05) is 6.61 Å². The molecule has 1 aliphatic carbocycles. The summed E-state index contributed by atoms with van der Waals surface area (Å²) in [5.74, 6) is -1.24. The molecule has 0 radical (unpaired) electrons. The Morgan fingerprint density at radius 1 is 1.62 bits per heavy atom. The lowest BCUT2D eigenvalue weighted by atomic mass is 10.1. The highest BCUT2D eigenvalue weighted by atomic mass is 19.3. The van der Waals surface area contributed by atoms with Crippen LogP contribution in [0.2, 0.25) is 0 Å². The van der Waals surface area contributed by atoms with Crippen LogP contribution >= 0.6 is 0 Å². The number of hydrogen-bond acceptors (Lipinski definition) is 5. The third kappa shape index (κ3) is 1.66. The summed E-state index contributed by atoms with van der Waals surface area (Å²) in [6.07, 6.45) is -1.95. The predicted octanol–water partition coefficient (Wildman–Crippen LogP) is 1.54. The monoisotopic (exact) mass is 232 g/mol. The first kappa shape index (κ1) is 11.0. The number of ether oxygens (including phenoxy) is 1. The molecular formula is C9H10F2N2O3. The molecule has 0 aliphatic heterocycles. The number of alkyl halides is 2. The van der Waals surface area contributed by atoms with E-state index >= 15 is 0 Å². The van der Waals surface area contributed by atoms with Crippen molar-refractivity contribution in [1.29, 1.82) is 0 Å². The normalized spacial score (nSPS) is 17.5. The molecule has 0 saturated heterocycles. The fraction of sp³-hybridized carbons (Fsp3) is 0.667. The van der Waals surface area contributed by atoms with Gasteiger partial charge in [0.25, 0.3) is 12.2 Å². The van der Waals surface area contributed by atoms with Crippen molar-refractivity contribution >= 4 is 5.97 Å². The molecule has 0 atom stereocenters. The molecule has 0 bridgehead atoms. The molecule has 1 aliphatic rings. The van der Waals surface area contributed by atoms with E-state index in [4.69, 9.17) is 0 Å². The van der Waals surface area contributed by atoms with Crippen molar-refractivity contribution in [3.8, 4) is 0 Å². The van der Waals surface area contributed by atoms with Crippen LogP contribution in [0.3, 0.4) is 0 Å². The summed E-state index contributed by atoms with van der Waals surface area (Å²) in [5.41, 5.74) is -1.34. The van der Waals surface area contributed by atoms with Gasteiger partial charge in [0, 0.05) is 0 Å². The number of carbonyl (C=O) groups excluding carboxylic acids is 1. The van der Waals surface area contributed by atoms with E-state index in [9.17, 15) is 13.6 Å². The van der Waals surface area contributed by atoms with Crippen LogP contribution in [0.1, 0.15) is 36.3 Å². The zero-order valence-corrected chi connectivity index (χ0v) is 8.57. The van der Waals surface area contributed by atoms with E-state index in [0.717, 1.165) is 0 Å². The van der Waals surface area contributed by atoms with Crippen molar-refractivity contribution in [2.45, 2.75) is 31.6 Å². The van der Waals surface area contributed by atoms with Crippen molar-refractivity contribution < 1.29 is 22.8 Å². The van der Waals surface area contributed by atoms with Gasteiger partial charge in [-0.05, 0) is 24.9 Å². The molecule has 16 heavy (non-hydrogen) atoms. The third-order valence-electron chi connectivity index (χ3n) is 2.52. The summed E-state index contributed by atoms with van der Waals surface area (Å²) in [5, 5.41) is 3.33. The van der Waals surface area contributed by atoms with Crippen LogP contribution in [-0.4, -0.2) is 29.1 Å². The van der Waals surface area contributed by atoms with Crippen LogP contribution in [0.5, 0.6) is 0 Å². The minimum Gasteiger partial charge on any atom is -0.460 e. The summed E-state index contributed by atoms with van der Waals surface area (Å²) in [6, 6.07) is 0. The topological polar surface area (TPSA) is 65.2 Å². The number of rotatable bonds is 4. The Hall–Kier alpha value is -1.53. The van der Waals surface area contributed by atoms with E-state index < -0.39 is 17.8 Å². The number of nitrogens with zero attached hydrogens (tertiary/aromatic N) is 2. The highest BCUT2D eigenvalue weighted by Crippen LogP contribution is 2.51. The second-order valence-electron chi connectivity index (χ2n) is 3.60. The van der Waals surface area contributed by atoms with Gasteiger partial charge in [0.1, 0.15) is 5.41 Å². The van der Waals surface area contributed by atoms with Gasteiger partial charge in [0.15, 0.2) is 0 Å². The Labute approximate surface area is 89.8 Å².